The third-order valence-electron chi connectivity index (χ3n) is 5.34. The first kappa shape index (κ1) is 17.2. The molecule has 26 heavy (non-hydrogen) atoms. The molecule has 2 aliphatic rings. The number of hydrogen-bond donors (Lipinski definition) is 0. The van der Waals surface area contributed by atoms with Gasteiger partial charge in [0.1, 0.15) is 0 Å². The summed E-state index contributed by atoms with van der Waals surface area (Å²) in [5.74, 6) is 2.57. The second-order valence-corrected chi connectivity index (χ2v) is 7.15. The quantitative estimate of drug-likeness (QED) is 0.808. The monoisotopic (exact) mass is 360 g/mol. The first-order valence-electron chi connectivity index (χ1n) is 9.30. The van der Waals surface area contributed by atoms with Crippen LogP contribution >= 0.6 is 0 Å². The fourth-order valence-electron chi connectivity index (χ4n) is 3.72. The van der Waals surface area contributed by atoms with Gasteiger partial charge in [-0.2, -0.15) is 4.98 Å². The van der Waals surface area contributed by atoms with E-state index < -0.39 is 0 Å². The molecule has 0 radical (unpaired) electrons. The SMILES string of the molecule is Cc1ncoc1C(=O)N1CCC(CCc2noc(C3CCOCC3)n2)C1. The van der Waals surface area contributed by atoms with E-state index in [-0.39, 0.29) is 5.91 Å². The van der Waals surface area contributed by atoms with Crippen molar-refractivity contribution in [1.82, 2.24) is 20.0 Å². The normalized spacial score (nSPS) is 21.4. The maximum absolute atomic E-state index is 12.5. The largest absolute Gasteiger partial charge is 0.438 e. The molecule has 0 aliphatic carbocycles. The van der Waals surface area contributed by atoms with E-state index in [4.69, 9.17) is 13.7 Å². The van der Waals surface area contributed by atoms with Gasteiger partial charge in [0, 0.05) is 38.6 Å². The minimum absolute atomic E-state index is 0.0659. The first-order chi connectivity index (χ1) is 12.7. The van der Waals surface area contributed by atoms with Crippen LogP contribution in [-0.2, 0) is 11.2 Å². The van der Waals surface area contributed by atoms with Crippen LogP contribution in [0, 0.1) is 12.8 Å². The molecule has 1 amide bonds. The Morgan fingerprint density at radius 1 is 1.31 bits per heavy atom. The molecule has 2 fully saturated rings. The van der Waals surface area contributed by atoms with Crippen molar-refractivity contribution in [2.24, 2.45) is 5.92 Å². The highest BCUT2D eigenvalue weighted by Crippen LogP contribution is 2.27. The van der Waals surface area contributed by atoms with Crippen molar-refractivity contribution in [1.29, 1.82) is 0 Å². The molecule has 0 aromatic carbocycles. The van der Waals surface area contributed by atoms with Crippen LogP contribution in [0.25, 0.3) is 0 Å². The van der Waals surface area contributed by atoms with E-state index in [9.17, 15) is 4.79 Å². The summed E-state index contributed by atoms with van der Waals surface area (Å²) in [4.78, 5) is 22.9. The number of amides is 1. The maximum atomic E-state index is 12.5. The number of ether oxygens (including phenoxy) is 1. The lowest BCUT2D eigenvalue weighted by Crippen LogP contribution is -2.29. The first-order valence-corrected chi connectivity index (χ1v) is 9.30. The Hall–Kier alpha value is -2.22. The van der Waals surface area contributed by atoms with Gasteiger partial charge in [-0.1, -0.05) is 5.16 Å². The zero-order valence-electron chi connectivity index (χ0n) is 15.0. The number of oxazole rings is 1. The van der Waals surface area contributed by atoms with Crippen LogP contribution in [0.4, 0.5) is 0 Å². The fraction of sp³-hybridized carbons (Fsp3) is 0.667. The lowest BCUT2D eigenvalue weighted by atomic mass is 10.0. The predicted molar refractivity (Wildman–Crippen MR) is 90.7 cm³/mol. The van der Waals surface area contributed by atoms with Crippen molar-refractivity contribution < 1.29 is 18.5 Å². The summed E-state index contributed by atoms with van der Waals surface area (Å²) in [6.45, 7) is 4.81. The summed E-state index contributed by atoms with van der Waals surface area (Å²) in [5.41, 5.74) is 0.644. The van der Waals surface area contributed by atoms with E-state index in [1.165, 1.54) is 6.39 Å². The Bertz CT molecular complexity index is 750. The highest BCUT2D eigenvalue weighted by atomic mass is 16.5. The highest BCUT2D eigenvalue weighted by molar-refractivity contribution is 5.92. The molecule has 0 spiro atoms. The van der Waals surface area contributed by atoms with Gasteiger partial charge >= 0.3 is 0 Å². The van der Waals surface area contributed by atoms with Gasteiger partial charge in [0.2, 0.25) is 11.7 Å². The van der Waals surface area contributed by atoms with Crippen LogP contribution in [0.15, 0.2) is 15.3 Å². The Labute approximate surface area is 151 Å². The average molecular weight is 360 g/mol. The molecule has 4 rings (SSSR count). The van der Waals surface area contributed by atoms with Gasteiger partial charge in [-0.05, 0) is 38.5 Å². The van der Waals surface area contributed by atoms with Gasteiger partial charge in [-0.15, -0.1) is 0 Å². The summed E-state index contributed by atoms with van der Waals surface area (Å²) in [5, 5.41) is 4.13. The van der Waals surface area contributed by atoms with Crippen LogP contribution in [0.3, 0.4) is 0 Å². The van der Waals surface area contributed by atoms with E-state index in [0.29, 0.717) is 23.3 Å². The van der Waals surface area contributed by atoms with Gasteiger partial charge in [-0.3, -0.25) is 4.79 Å². The van der Waals surface area contributed by atoms with E-state index >= 15 is 0 Å². The van der Waals surface area contributed by atoms with Gasteiger partial charge in [0.25, 0.3) is 5.91 Å². The van der Waals surface area contributed by atoms with E-state index in [2.05, 4.69) is 15.1 Å². The lowest BCUT2D eigenvalue weighted by molar-refractivity contribution is 0.0754. The Morgan fingerprint density at radius 2 is 2.15 bits per heavy atom. The van der Waals surface area contributed by atoms with Crippen molar-refractivity contribution in [3.63, 3.8) is 0 Å². The van der Waals surface area contributed by atoms with Crippen molar-refractivity contribution >= 4 is 5.91 Å². The summed E-state index contributed by atoms with van der Waals surface area (Å²) >= 11 is 0. The molecule has 2 aromatic heterocycles. The lowest BCUT2D eigenvalue weighted by Gasteiger charge is -2.17. The molecule has 2 aliphatic heterocycles. The number of carbonyl (C=O) groups is 1. The molecule has 2 saturated heterocycles. The zero-order chi connectivity index (χ0) is 17.9. The fourth-order valence-corrected chi connectivity index (χ4v) is 3.72. The molecular weight excluding hydrogens is 336 g/mol. The number of nitrogens with zero attached hydrogens (tertiary/aromatic N) is 4. The third kappa shape index (κ3) is 3.65. The van der Waals surface area contributed by atoms with Crippen LogP contribution in [0.2, 0.25) is 0 Å². The molecule has 0 saturated carbocycles. The minimum Gasteiger partial charge on any atom is -0.438 e. The molecule has 140 valence electrons. The molecule has 1 unspecified atom stereocenters. The van der Waals surface area contributed by atoms with Crippen LogP contribution in [0.5, 0.6) is 0 Å². The Morgan fingerprint density at radius 3 is 2.92 bits per heavy atom. The van der Waals surface area contributed by atoms with E-state index in [1.54, 1.807) is 6.92 Å². The van der Waals surface area contributed by atoms with Crippen LogP contribution in [0.1, 0.15) is 59.6 Å². The maximum Gasteiger partial charge on any atom is 0.291 e. The summed E-state index contributed by atoms with van der Waals surface area (Å²) in [6.07, 6.45) is 5.93. The van der Waals surface area contributed by atoms with Crippen LogP contribution in [-0.4, -0.2) is 52.2 Å². The Kier molecular flexibility index (Phi) is 5.01. The topological polar surface area (TPSA) is 94.5 Å². The second kappa shape index (κ2) is 7.57. The van der Waals surface area contributed by atoms with Gasteiger partial charge < -0.3 is 18.6 Å². The van der Waals surface area contributed by atoms with Crippen molar-refractivity contribution in [2.75, 3.05) is 26.3 Å². The molecule has 0 bridgehead atoms. The summed E-state index contributed by atoms with van der Waals surface area (Å²) < 4.78 is 16.0. The predicted octanol–water partition coefficient (Wildman–Crippen LogP) is 2.35. The van der Waals surface area contributed by atoms with E-state index in [1.807, 2.05) is 4.90 Å². The minimum atomic E-state index is -0.0659. The summed E-state index contributed by atoms with van der Waals surface area (Å²) in [7, 11) is 0. The molecule has 8 heteroatoms. The molecule has 2 aromatic rings. The van der Waals surface area contributed by atoms with Crippen LogP contribution < -0.4 is 0 Å². The van der Waals surface area contributed by atoms with Crippen molar-refractivity contribution in [2.45, 2.75) is 44.9 Å². The van der Waals surface area contributed by atoms with Crippen molar-refractivity contribution in [3.8, 4) is 0 Å². The number of aromatic nitrogens is 3. The van der Waals surface area contributed by atoms with Gasteiger partial charge in [0.15, 0.2) is 12.2 Å². The molecule has 8 nitrogen and oxygen atoms in total. The highest BCUT2D eigenvalue weighted by Gasteiger charge is 2.30. The van der Waals surface area contributed by atoms with Gasteiger partial charge in [-0.25, -0.2) is 4.98 Å². The smallest absolute Gasteiger partial charge is 0.291 e. The third-order valence-corrected chi connectivity index (χ3v) is 5.34. The number of rotatable bonds is 5. The zero-order valence-corrected chi connectivity index (χ0v) is 15.0. The van der Waals surface area contributed by atoms with Crippen molar-refractivity contribution in [3.05, 3.63) is 29.6 Å². The molecule has 4 heterocycles. The average Bonchev–Trinajstić information content (AvgIpc) is 3.41. The number of carbonyl (C=O) groups excluding carboxylic acids is 1. The molecule has 1 atom stereocenters. The van der Waals surface area contributed by atoms with Gasteiger partial charge in [0.05, 0.1) is 5.69 Å². The molecular formula is C18H24N4O4. The number of hydrogen-bond acceptors (Lipinski definition) is 7. The number of likely N-dealkylation sites (tertiary alicyclic amines) is 1. The summed E-state index contributed by atoms with van der Waals surface area (Å²) in [6, 6.07) is 0. The second-order valence-electron chi connectivity index (χ2n) is 7.15. The standard InChI is InChI=1S/C18H24N4O4/c1-12-16(25-11-19-12)18(23)22-7-4-13(10-22)2-3-15-20-17(26-21-15)14-5-8-24-9-6-14/h11,13-14H,2-10H2,1H3. The number of aryl methyl sites for hydroxylation is 2. The van der Waals surface area contributed by atoms with E-state index in [0.717, 1.165) is 70.1 Å². The molecule has 0 N–H and O–H groups in total. The Balaban J connectivity index is 1.27.